The van der Waals surface area contributed by atoms with Crippen LogP contribution < -0.4 is 5.32 Å². The Morgan fingerprint density at radius 2 is 1.79 bits per heavy atom. The van der Waals surface area contributed by atoms with Crippen LogP contribution in [0.4, 0.5) is 0 Å². The van der Waals surface area contributed by atoms with E-state index in [1.807, 2.05) is 0 Å². The first-order chi connectivity index (χ1) is 6.60. The van der Waals surface area contributed by atoms with Gasteiger partial charge in [0, 0.05) is 6.04 Å². The number of hydrogen-bond donors (Lipinski definition) is 2. The van der Waals surface area contributed by atoms with Crippen molar-refractivity contribution in [1.29, 1.82) is 0 Å². The van der Waals surface area contributed by atoms with E-state index in [1.54, 1.807) is 0 Å². The number of aliphatic hydroxyl groups is 1. The number of rotatable bonds is 8. The summed E-state index contributed by atoms with van der Waals surface area (Å²) >= 11 is 0. The number of hydrogen-bond acceptors (Lipinski definition) is 2. The Hall–Kier alpha value is -0.0800. The van der Waals surface area contributed by atoms with E-state index >= 15 is 0 Å². The molecule has 3 unspecified atom stereocenters. The van der Waals surface area contributed by atoms with E-state index in [9.17, 15) is 5.11 Å². The Labute approximate surface area is 89.1 Å². The zero-order valence-electron chi connectivity index (χ0n) is 10.2. The zero-order valence-corrected chi connectivity index (χ0v) is 10.2. The monoisotopic (exact) mass is 201 g/mol. The van der Waals surface area contributed by atoms with Crippen LogP contribution in [0.15, 0.2) is 0 Å². The van der Waals surface area contributed by atoms with Crippen LogP contribution in [0.25, 0.3) is 0 Å². The van der Waals surface area contributed by atoms with Gasteiger partial charge < -0.3 is 10.4 Å². The Kier molecular flexibility index (Phi) is 8.20. The Morgan fingerprint density at radius 3 is 2.29 bits per heavy atom. The van der Waals surface area contributed by atoms with Crippen molar-refractivity contribution in [2.45, 2.75) is 65.5 Å². The predicted molar refractivity (Wildman–Crippen MR) is 62.5 cm³/mol. The summed E-state index contributed by atoms with van der Waals surface area (Å²) in [6.45, 7) is 9.74. The fourth-order valence-corrected chi connectivity index (χ4v) is 1.61. The molecule has 0 radical (unpaired) electrons. The van der Waals surface area contributed by atoms with Crippen molar-refractivity contribution in [3.05, 3.63) is 0 Å². The lowest BCUT2D eigenvalue weighted by molar-refractivity contribution is 0.124. The minimum atomic E-state index is -0.135. The van der Waals surface area contributed by atoms with Crippen molar-refractivity contribution >= 4 is 0 Å². The van der Waals surface area contributed by atoms with Crippen LogP contribution in [0.3, 0.4) is 0 Å². The van der Waals surface area contributed by atoms with Crippen LogP contribution in [-0.4, -0.2) is 23.8 Å². The van der Waals surface area contributed by atoms with Gasteiger partial charge >= 0.3 is 0 Å². The molecule has 0 fully saturated rings. The Balaban J connectivity index is 3.54. The van der Waals surface area contributed by atoms with Gasteiger partial charge in [0.05, 0.1) is 6.10 Å². The highest BCUT2D eigenvalue weighted by molar-refractivity contribution is 4.68. The van der Waals surface area contributed by atoms with E-state index in [1.165, 1.54) is 0 Å². The van der Waals surface area contributed by atoms with E-state index in [0.29, 0.717) is 12.0 Å². The van der Waals surface area contributed by atoms with Crippen molar-refractivity contribution in [3.8, 4) is 0 Å². The Morgan fingerprint density at radius 1 is 1.14 bits per heavy atom. The van der Waals surface area contributed by atoms with Gasteiger partial charge in [-0.05, 0) is 38.6 Å². The standard InChI is InChI=1S/C12H27NO/c1-5-7-13-11(4)9-12(14)8-10(3)6-2/h10-14H,5-9H2,1-4H3. The number of aliphatic hydroxyl groups excluding tert-OH is 1. The summed E-state index contributed by atoms with van der Waals surface area (Å²) in [6, 6.07) is 0.439. The molecule has 0 aliphatic heterocycles. The molecule has 3 atom stereocenters. The maximum absolute atomic E-state index is 9.78. The van der Waals surface area contributed by atoms with Gasteiger partial charge in [-0.3, -0.25) is 0 Å². The summed E-state index contributed by atoms with van der Waals surface area (Å²) in [5, 5.41) is 13.2. The van der Waals surface area contributed by atoms with Gasteiger partial charge in [0.25, 0.3) is 0 Å². The highest BCUT2D eigenvalue weighted by Gasteiger charge is 2.12. The molecule has 0 aliphatic carbocycles. The van der Waals surface area contributed by atoms with Crippen LogP contribution in [0.1, 0.15) is 53.4 Å². The van der Waals surface area contributed by atoms with Gasteiger partial charge in [0.15, 0.2) is 0 Å². The average Bonchev–Trinajstić information content (AvgIpc) is 2.14. The third kappa shape index (κ3) is 7.34. The lowest BCUT2D eigenvalue weighted by Gasteiger charge is -2.19. The molecule has 0 aromatic carbocycles. The maximum Gasteiger partial charge on any atom is 0.0557 e. The van der Waals surface area contributed by atoms with Crippen LogP contribution >= 0.6 is 0 Å². The summed E-state index contributed by atoms with van der Waals surface area (Å²) < 4.78 is 0. The number of nitrogens with one attached hydrogen (secondary N) is 1. The summed E-state index contributed by atoms with van der Waals surface area (Å²) in [5.74, 6) is 0.642. The fourth-order valence-electron chi connectivity index (χ4n) is 1.61. The Bertz CT molecular complexity index is 127. The van der Waals surface area contributed by atoms with Crippen molar-refractivity contribution in [1.82, 2.24) is 5.32 Å². The van der Waals surface area contributed by atoms with E-state index < -0.39 is 0 Å². The molecule has 0 amide bonds. The molecule has 2 nitrogen and oxygen atoms in total. The highest BCUT2D eigenvalue weighted by Crippen LogP contribution is 2.13. The molecule has 2 N–H and O–H groups in total. The fraction of sp³-hybridized carbons (Fsp3) is 1.00. The molecule has 0 aromatic rings. The summed E-state index contributed by atoms with van der Waals surface area (Å²) in [5.41, 5.74) is 0. The third-order valence-electron chi connectivity index (χ3n) is 2.74. The molecule has 0 heterocycles. The average molecular weight is 201 g/mol. The lowest BCUT2D eigenvalue weighted by Crippen LogP contribution is -2.31. The second kappa shape index (κ2) is 8.25. The molecule has 0 saturated heterocycles. The second-order valence-electron chi connectivity index (χ2n) is 4.49. The molecule has 0 spiro atoms. The molecule has 0 aromatic heterocycles. The predicted octanol–water partition coefficient (Wildman–Crippen LogP) is 2.56. The van der Waals surface area contributed by atoms with Gasteiger partial charge in [0.2, 0.25) is 0 Å². The topological polar surface area (TPSA) is 32.3 Å². The van der Waals surface area contributed by atoms with Gasteiger partial charge in [-0.1, -0.05) is 27.2 Å². The molecular weight excluding hydrogens is 174 g/mol. The van der Waals surface area contributed by atoms with Crippen molar-refractivity contribution < 1.29 is 5.11 Å². The molecule has 0 aliphatic rings. The van der Waals surface area contributed by atoms with Gasteiger partial charge in [-0.25, -0.2) is 0 Å². The smallest absolute Gasteiger partial charge is 0.0557 e. The zero-order chi connectivity index (χ0) is 11.0. The van der Waals surface area contributed by atoms with E-state index in [0.717, 1.165) is 32.2 Å². The molecule has 0 saturated carbocycles. The normalized spacial score (nSPS) is 17.8. The van der Waals surface area contributed by atoms with Crippen molar-refractivity contribution in [2.75, 3.05) is 6.54 Å². The first-order valence-corrected chi connectivity index (χ1v) is 6.01. The molecule has 2 heteroatoms. The maximum atomic E-state index is 9.78. The molecule has 0 rings (SSSR count). The SMILES string of the molecule is CCCNC(C)CC(O)CC(C)CC. The van der Waals surface area contributed by atoms with Crippen LogP contribution in [0.2, 0.25) is 0 Å². The minimum absolute atomic E-state index is 0.135. The first-order valence-electron chi connectivity index (χ1n) is 6.01. The molecule has 14 heavy (non-hydrogen) atoms. The quantitative estimate of drug-likeness (QED) is 0.632. The second-order valence-corrected chi connectivity index (χ2v) is 4.49. The molecular formula is C12H27NO. The summed E-state index contributed by atoms with van der Waals surface area (Å²) in [4.78, 5) is 0. The van der Waals surface area contributed by atoms with E-state index in [4.69, 9.17) is 0 Å². The van der Waals surface area contributed by atoms with Gasteiger partial charge in [-0.15, -0.1) is 0 Å². The van der Waals surface area contributed by atoms with Crippen molar-refractivity contribution in [2.24, 2.45) is 5.92 Å². The van der Waals surface area contributed by atoms with Crippen LogP contribution in [0.5, 0.6) is 0 Å². The highest BCUT2D eigenvalue weighted by atomic mass is 16.3. The third-order valence-corrected chi connectivity index (χ3v) is 2.74. The minimum Gasteiger partial charge on any atom is -0.393 e. The lowest BCUT2D eigenvalue weighted by atomic mass is 9.97. The largest absolute Gasteiger partial charge is 0.393 e. The molecule has 0 bridgehead atoms. The van der Waals surface area contributed by atoms with Crippen LogP contribution in [-0.2, 0) is 0 Å². The summed E-state index contributed by atoms with van der Waals surface area (Å²) in [7, 11) is 0. The van der Waals surface area contributed by atoms with Crippen molar-refractivity contribution in [3.63, 3.8) is 0 Å². The van der Waals surface area contributed by atoms with Gasteiger partial charge in [-0.2, -0.15) is 0 Å². The van der Waals surface area contributed by atoms with Crippen LogP contribution in [0, 0.1) is 5.92 Å². The van der Waals surface area contributed by atoms with E-state index in [2.05, 4.69) is 33.0 Å². The first kappa shape index (κ1) is 13.9. The van der Waals surface area contributed by atoms with E-state index in [-0.39, 0.29) is 6.10 Å². The summed E-state index contributed by atoms with van der Waals surface area (Å²) in [6.07, 6.45) is 4.00. The molecule has 86 valence electrons. The van der Waals surface area contributed by atoms with Gasteiger partial charge in [0.1, 0.15) is 0 Å².